The normalized spacial score (nSPS) is 13.6. The lowest BCUT2D eigenvalue weighted by Crippen LogP contribution is -2.25. The molecule has 27 heavy (non-hydrogen) atoms. The zero-order chi connectivity index (χ0) is 21.0. The predicted molar refractivity (Wildman–Crippen MR) is 95.2 cm³/mol. The molecule has 1 aromatic carbocycles. The number of anilines is 1. The topological polar surface area (TPSA) is 103 Å². The standard InChI is InChI=1S/C15H21F3N3O5P/c1-10(9-14(2,3)27(24,25-4)26-5)19-20-12-7-6-11(15(16,17)18)8-13(12)21(22)23/h6-8,20H,9H2,1-5H3. The van der Waals surface area contributed by atoms with E-state index < -0.39 is 35.1 Å². The van der Waals surface area contributed by atoms with Crippen molar-refractivity contribution in [2.45, 2.75) is 38.5 Å². The first kappa shape index (κ1) is 23.1. The van der Waals surface area contributed by atoms with E-state index in [1.54, 1.807) is 20.8 Å². The van der Waals surface area contributed by atoms with Crippen LogP contribution in [0.5, 0.6) is 0 Å². The fourth-order valence-electron chi connectivity index (χ4n) is 2.44. The maximum Gasteiger partial charge on any atom is 0.416 e. The van der Waals surface area contributed by atoms with Gasteiger partial charge in [0.1, 0.15) is 5.69 Å². The molecule has 0 amide bonds. The molecular formula is C15H21F3N3O5P. The third-order valence-corrected chi connectivity index (χ3v) is 6.40. The van der Waals surface area contributed by atoms with E-state index >= 15 is 0 Å². The van der Waals surface area contributed by atoms with Crippen molar-refractivity contribution in [1.82, 2.24) is 0 Å². The zero-order valence-corrected chi connectivity index (χ0v) is 16.4. The number of hydrogen-bond donors (Lipinski definition) is 1. The monoisotopic (exact) mass is 411 g/mol. The molecule has 152 valence electrons. The van der Waals surface area contributed by atoms with Crippen LogP contribution in [0.4, 0.5) is 24.5 Å². The number of alkyl halides is 3. The Labute approximate surface area is 154 Å². The second kappa shape index (κ2) is 8.37. The summed E-state index contributed by atoms with van der Waals surface area (Å²) >= 11 is 0. The molecule has 0 spiro atoms. The third-order valence-electron chi connectivity index (χ3n) is 3.80. The Morgan fingerprint density at radius 1 is 1.30 bits per heavy atom. The van der Waals surface area contributed by atoms with E-state index in [9.17, 15) is 27.9 Å². The molecule has 12 heteroatoms. The van der Waals surface area contributed by atoms with E-state index in [0.29, 0.717) is 17.8 Å². The highest BCUT2D eigenvalue weighted by Gasteiger charge is 2.42. The van der Waals surface area contributed by atoms with Gasteiger partial charge in [0, 0.05) is 32.4 Å². The second-order valence-corrected chi connectivity index (χ2v) is 9.23. The number of hydrazone groups is 1. The summed E-state index contributed by atoms with van der Waals surface area (Å²) in [7, 11) is -0.921. The van der Waals surface area contributed by atoms with Gasteiger partial charge in [0.15, 0.2) is 0 Å². The van der Waals surface area contributed by atoms with Crippen molar-refractivity contribution in [1.29, 1.82) is 0 Å². The Bertz CT molecular complexity index is 772. The van der Waals surface area contributed by atoms with E-state index in [0.717, 1.165) is 6.07 Å². The molecule has 1 rings (SSSR count). The molecule has 0 fully saturated rings. The number of halogens is 3. The molecule has 0 bridgehead atoms. The molecule has 1 aromatic rings. The number of hydrogen-bond acceptors (Lipinski definition) is 7. The van der Waals surface area contributed by atoms with Gasteiger partial charge in [0.05, 0.1) is 15.6 Å². The number of nitro groups is 1. The minimum Gasteiger partial charge on any atom is -0.312 e. The fraction of sp³-hybridized carbons (Fsp3) is 0.533. The maximum absolute atomic E-state index is 12.7. The zero-order valence-electron chi connectivity index (χ0n) is 15.5. The van der Waals surface area contributed by atoms with Gasteiger partial charge in [-0.15, -0.1) is 0 Å². The number of nitro benzene ring substituents is 1. The van der Waals surface area contributed by atoms with Crippen molar-refractivity contribution in [3.63, 3.8) is 0 Å². The third kappa shape index (κ3) is 5.50. The Morgan fingerprint density at radius 2 is 1.85 bits per heavy atom. The quantitative estimate of drug-likeness (QED) is 0.278. The second-order valence-electron chi connectivity index (χ2n) is 6.30. The van der Waals surface area contributed by atoms with E-state index in [1.165, 1.54) is 14.2 Å². The number of benzene rings is 1. The molecule has 0 aliphatic carbocycles. The molecule has 0 atom stereocenters. The van der Waals surface area contributed by atoms with Crippen LogP contribution in [0.15, 0.2) is 23.3 Å². The van der Waals surface area contributed by atoms with E-state index in [2.05, 4.69) is 10.5 Å². The van der Waals surface area contributed by atoms with Gasteiger partial charge in [0.25, 0.3) is 5.69 Å². The molecule has 0 unspecified atom stereocenters. The highest BCUT2D eigenvalue weighted by atomic mass is 31.2. The molecule has 0 saturated carbocycles. The Kier molecular flexibility index (Phi) is 7.15. The van der Waals surface area contributed by atoms with Crippen LogP contribution in [-0.4, -0.2) is 30.0 Å². The Hall–Kier alpha value is -1.97. The lowest BCUT2D eigenvalue weighted by atomic mass is 10.1. The average molecular weight is 411 g/mol. The van der Waals surface area contributed by atoms with Gasteiger partial charge in [-0.2, -0.15) is 18.3 Å². The molecule has 0 aliphatic rings. The summed E-state index contributed by atoms with van der Waals surface area (Å²) < 4.78 is 60.7. The van der Waals surface area contributed by atoms with Crippen LogP contribution in [0.25, 0.3) is 0 Å². The Morgan fingerprint density at radius 3 is 2.30 bits per heavy atom. The SMILES string of the molecule is COP(=O)(OC)C(C)(C)CC(C)=NNc1ccc(C(F)(F)F)cc1[N+](=O)[O-]. The summed E-state index contributed by atoms with van der Waals surface area (Å²) in [6.45, 7) is 4.85. The molecule has 0 aromatic heterocycles. The number of nitrogens with zero attached hydrogens (tertiary/aromatic N) is 2. The van der Waals surface area contributed by atoms with Gasteiger partial charge in [0.2, 0.25) is 0 Å². The number of nitrogens with one attached hydrogen (secondary N) is 1. The first-order valence-corrected chi connectivity index (χ1v) is 9.18. The summed E-state index contributed by atoms with van der Waals surface area (Å²) in [6.07, 6.45) is -4.55. The maximum atomic E-state index is 12.7. The summed E-state index contributed by atoms with van der Waals surface area (Å²) in [6, 6.07) is 2.08. The van der Waals surface area contributed by atoms with Crippen molar-refractivity contribution in [3.8, 4) is 0 Å². The van der Waals surface area contributed by atoms with Crippen LogP contribution in [-0.2, 0) is 19.8 Å². The summed E-state index contributed by atoms with van der Waals surface area (Å²) in [5, 5.41) is 14.1. The van der Waals surface area contributed by atoms with Gasteiger partial charge in [-0.1, -0.05) is 0 Å². The minimum absolute atomic E-state index is 0.146. The van der Waals surface area contributed by atoms with Gasteiger partial charge in [-0.25, -0.2) is 0 Å². The van der Waals surface area contributed by atoms with Crippen LogP contribution >= 0.6 is 7.60 Å². The summed E-state index contributed by atoms with van der Waals surface area (Å²) in [5.74, 6) is 0. The minimum atomic E-state index is -4.70. The molecule has 0 saturated heterocycles. The molecule has 0 heterocycles. The highest BCUT2D eigenvalue weighted by molar-refractivity contribution is 7.55. The van der Waals surface area contributed by atoms with Gasteiger partial charge < -0.3 is 9.05 Å². The van der Waals surface area contributed by atoms with Crippen molar-refractivity contribution in [2.24, 2.45) is 5.10 Å². The molecular weight excluding hydrogens is 390 g/mol. The smallest absolute Gasteiger partial charge is 0.312 e. The molecule has 8 nitrogen and oxygen atoms in total. The van der Waals surface area contributed by atoms with E-state index in [4.69, 9.17) is 9.05 Å². The Balaban J connectivity index is 3.08. The van der Waals surface area contributed by atoms with Gasteiger partial charge in [-0.3, -0.25) is 20.1 Å². The van der Waals surface area contributed by atoms with Crippen LogP contribution in [0, 0.1) is 10.1 Å². The van der Waals surface area contributed by atoms with Crippen LogP contribution in [0.1, 0.15) is 32.8 Å². The summed E-state index contributed by atoms with van der Waals surface area (Å²) in [4.78, 5) is 10.1. The van der Waals surface area contributed by atoms with Crippen molar-refractivity contribution in [3.05, 3.63) is 33.9 Å². The fourth-order valence-corrected chi connectivity index (χ4v) is 4.00. The van der Waals surface area contributed by atoms with E-state index in [-0.39, 0.29) is 12.1 Å². The van der Waals surface area contributed by atoms with Crippen LogP contribution in [0.3, 0.4) is 0 Å². The first-order chi connectivity index (χ1) is 12.3. The molecule has 1 N–H and O–H groups in total. The molecule has 0 radical (unpaired) electrons. The van der Waals surface area contributed by atoms with E-state index in [1.807, 2.05) is 0 Å². The van der Waals surface area contributed by atoms with Crippen molar-refractivity contribution in [2.75, 3.05) is 19.6 Å². The van der Waals surface area contributed by atoms with Gasteiger partial charge in [-0.05, 0) is 32.9 Å². The predicted octanol–water partition coefficient (Wildman–Crippen LogP) is 5.06. The van der Waals surface area contributed by atoms with Crippen molar-refractivity contribution < 1.29 is 31.7 Å². The largest absolute Gasteiger partial charge is 0.416 e. The van der Waals surface area contributed by atoms with Gasteiger partial charge >= 0.3 is 13.8 Å². The lowest BCUT2D eigenvalue weighted by molar-refractivity contribution is -0.384. The van der Waals surface area contributed by atoms with Crippen molar-refractivity contribution >= 4 is 24.7 Å². The average Bonchev–Trinajstić information content (AvgIpc) is 2.57. The lowest BCUT2D eigenvalue weighted by Gasteiger charge is -2.30. The number of rotatable bonds is 8. The molecule has 0 aliphatic heterocycles. The first-order valence-electron chi connectivity index (χ1n) is 7.64. The van der Waals surface area contributed by atoms with Crippen LogP contribution in [0.2, 0.25) is 0 Å². The van der Waals surface area contributed by atoms with Crippen LogP contribution < -0.4 is 5.43 Å². The summed E-state index contributed by atoms with van der Waals surface area (Å²) in [5.41, 5.74) is 0.681. The highest BCUT2D eigenvalue weighted by Crippen LogP contribution is 2.60.